The second-order valence-electron chi connectivity index (χ2n) is 4.73. The van der Waals surface area contributed by atoms with Gasteiger partial charge in [0.2, 0.25) is 10.0 Å². The Labute approximate surface area is 129 Å². The van der Waals surface area contributed by atoms with Crippen molar-refractivity contribution in [2.75, 3.05) is 12.4 Å². The van der Waals surface area contributed by atoms with Gasteiger partial charge in [-0.3, -0.25) is 4.79 Å². The molecule has 3 N–H and O–H groups in total. The molecule has 0 unspecified atom stereocenters. The van der Waals surface area contributed by atoms with Crippen molar-refractivity contribution in [1.82, 2.24) is 0 Å². The highest BCUT2D eigenvalue weighted by Crippen LogP contribution is 2.26. The number of benzene rings is 2. The summed E-state index contributed by atoms with van der Waals surface area (Å²) in [6.45, 7) is 1.89. The minimum absolute atomic E-state index is 0.0737. The number of sulfonamides is 1. The fourth-order valence-corrected chi connectivity index (χ4v) is 2.65. The number of primary sulfonamides is 1. The molecule has 2 aromatic rings. The maximum atomic E-state index is 12.2. The molecule has 0 heterocycles. The van der Waals surface area contributed by atoms with Crippen molar-refractivity contribution in [3.63, 3.8) is 0 Å². The van der Waals surface area contributed by atoms with Crippen molar-refractivity contribution >= 4 is 21.6 Å². The van der Waals surface area contributed by atoms with Crippen LogP contribution in [0.15, 0.2) is 47.4 Å². The maximum absolute atomic E-state index is 12.2. The molecule has 0 aliphatic carbocycles. The number of anilines is 1. The van der Waals surface area contributed by atoms with Gasteiger partial charge in [0.05, 0.1) is 7.11 Å². The molecule has 1 amide bonds. The van der Waals surface area contributed by atoms with Crippen LogP contribution in [0, 0.1) is 6.92 Å². The lowest BCUT2D eigenvalue weighted by atomic mass is 10.1. The first-order valence-electron chi connectivity index (χ1n) is 6.40. The second-order valence-corrected chi connectivity index (χ2v) is 6.26. The SMILES string of the molecule is COc1cc(NC(=O)c2cccc(C)c2)ccc1S(N)(=O)=O. The molecule has 0 aliphatic heterocycles. The summed E-state index contributed by atoms with van der Waals surface area (Å²) in [7, 11) is -2.56. The zero-order valence-corrected chi connectivity index (χ0v) is 13.0. The second kappa shape index (κ2) is 6.17. The van der Waals surface area contributed by atoms with Crippen LogP contribution in [0.4, 0.5) is 5.69 Å². The summed E-state index contributed by atoms with van der Waals surface area (Å²) < 4.78 is 27.8. The monoisotopic (exact) mass is 320 g/mol. The summed E-state index contributed by atoms with van der Waals surface area (Å²) in [5.74, 6) is -0.223. The number of carbonyl (C=O) groups excluding carboxylic acids is 1. The van der Waals surface area contributed by atoms with Crippen molar-refractivity contribution < 1.29 is 17.9 Å². The van der Waals surface area contributed by atoms with Crippen LogP contribution in [0.5, 0.6) is 5.75 Å². The van der Waals surface area contributed by atoms with Crippen LogP contribution in [-0.2, 0) is 10.0 Å². The number of rotatable bonds is 4. The Morgan fingerprint density at radius 1 is 1.18 bits per heavy atom. The van der Waals surface area contributed by atoms with Gasteiger partial charge in [-0.05, 0) is 31.2 Å². The van der Waals surface area contributed by atoms with Crippen LogP contribution < -0.4 is 15.2 Å². The molecule has 0 atom stereocenters. The zero-order chi connectivity index (χ0) is 16.3. The van der Waals surface area contributed by atoms with E-state index in [1.54, 1.807) is 18.2 Å². The predicted octanol–water partition coefficient (Wildman–Crippen LogP) is 1.90. The van der Waals surface area contributed by atoms with Gasteiger partial charge in [-0.1, -0.05) is 17.7 Å². The number of nitrogens with two attached hydrogens (primary N) is 1. The third kappa shape index (κ3) is 3.63. The van der Waals surface area contributed by atoms with Crippen LogP contribution in [0.1, 0.15) is 15.9 Å². The van der Waals surface area contributed by atoms with Crippen LogP contribution in [0.3, 0.4) is 0 Å². The summed E-state index contributed by atoms with van der Waals surface area (Å²) in [5.41, 5.74) is 1.89. The standard InChI is InChI=1S/C15H16N2O4S/c1-10-4-3-5-11(8-10)15(18)17-12-6-7-14(22(16,19)20)13(9-12)21-2/h3-9H,1-2H3,(H,17,18)(H2,16,19,20). The number of hydrogen-bond donors (Lipinski definition) is 2. The summed E-state index contributed by atoms with van der Waals surface area (Å²) in [5, 5.41) is 7.78. The molecular formula is C15H16N2O4S. The quantitative estimate of drug-likeness (QED) is 0.899. The minimum Gasteiger partial charge on any atom is -0.495 e. The van der Waals surface area contributed by atoms with Gasteiger partial charge in [-0.25, -0.2) is 13.6 Å². The number of ether oxygens (including phenoxy) is 1. The van der Waals surface area contributed by atoms with Crippen molar-refractivity contribution in [2.45, 2.75) is 11.8 Å². The van der Waals surface area contributed by atoms with Crippen LogP contribution >= 0.6 is 0 Å². The lowest BCUT2D eigenvalue weighted by Gasteiger charge is -2.10. The fourth-order valence-electron chi connectivity index (χ4n) is 1.97. The molecule has 0 bridgehead atoms. The van der Waals surface area contributed by atoms with Crippen molar-refractivity contribution in [2.24, 2.45) is 5.14 Å². The van der Waals surface area contributed by atoms with Gasteiger partial charge in [-0.2, -0.15) is 0 Å². The van der Waals surface area contributed by atoms with E-state index < -0.39 is 10.0 Å². The lowest BCUT2D eigenvalue weighted by Crippen LogP contribution is -2.15. The Morgan fingerprint density at radius 3 is 2.50 bits per heavy atom. The molecule has 116 valence electrons. The van der Waals surface area contributed by atoms with Gasteiger partial charge < -0.3 is 10.1 Å². The minimum atomic E-state index is -3.89. The smallest absolute Gasteiger partial charge is 0.255 e. The molecule has 0 fully saturated rings. The first-order chi connectivity index (χ1) is 10.3. The Hall–Kier alpha value is -2.38. The maximum Gasteiger partial charge on any atom is 0.255 e. The molecule has 2 rings (SSSR count). The van der Waals surface area contributed by atoms with E-state index in [2.05, 4.69) is 5.32 Å². The number of methoxy groups -OCH3 is 1. The highest BCUT2D eigenvalue weighted by molar-refractivity contribution is 7.89. The average molecular weight is 320 g/mol. The van der Waals surface area contributed by atoms with E-state index in [1.807, 2.05) is 13.0 Å². The third-order valence-corrected chi connectivity index (χ3v) is 3.96. The summed E-state index contributed by atoms with van der Waals surface area (Å²) in [6.07, 6.45) is 0. The van der Waals surface area contributed by atoms with E-state index in [0.29, 0.717) is 11.3 Å². The van der Waals surface area contributed by atoms with Crippen LogP contribution in [0.25, 0.3) is 0 Å². The largest absolute Gasteiger partial charge is 0.495 e. The number of amides is 1. The van der Waals surface area contributed by atoms with E-state index in [-0.39, 0.29) is 16.6 Å². The van der Waals surface area contributed by atoms with Gasteiger partial charge >= 0.3 is 0 Å². The van der Waals surface area contributed by atoms with Crippen molar-refractivity contribution in [1.29, 1.82) is 0 Å². The summed E-state index contributed by atoms with van der Waals surface area (Å²) in [6, 6.07) is 11.3. The molecule has 2 aromatic carbocycles. The highest BCUT2D eigenvalue weighted by atomic mass is 32.2. The Kier molecular flexibility index (Phi) is 4.48. The van der Waals surface area contributed by atoms with Crippen molar-refractivity contribution in [3.05, 3.63) is 53.6 Å². The molecular weight excluding hydrogens is 304 g/mol. The molecule has 6 nitrogen and oxygen atoms in total. The Morgan fingerprint density at radius 2 is 1.91 bits per heavy atom. The number of nitrogens with one attached hydrogen (secondary N) is 1. The van der Waals surface area contributed by atoms with Crippen LogP contribution in [0.2, 0.25) is 0 Å². The van der Waals surface area contributed by atoms with Crippen LogP contribution in [-0.4, -0.2) is 21.4 Å². The summed E-state index contributed by atoms with van der Waals surface area (Å²) in [4.78, 5) is 12.0. The number of hydrogen-bond acceptors (Lipinski definition) is 4. The van der Waals surface area contributed by atoms with Gasteiger partial charge in [0, 0.05) is 17.3 Å². The topological polar surface area (TPSA) is 98.5 Å². The molecule has 7 heteroatoms. The van der Waals surface area contributed by atoms with Gasteiger partial charge in [-0.15, -0.1) is 0 Å². The van der Waals surface area contributed by atoms with Crippen molar-refractivity contribution in [3.8, 4) is 5.75 Å². The molecule has 22 heavy (non-hydrogen) atoms. The molecule has 0 radical (unpaired) electrons. The molecule has 0 aliphatic rings. The zero-order valence-electron chi connectivity index (χ0n) is 12.2. The number of carbonyl (C=O) groups is 1. The van der Waals surface area contributed by atoms with E-state index in [1.165, 1.54) is 25.3 Å². The van der Waals surface area contributed by atoms with Gasteiger partial charge in [0.1, 0.15) is 10.6 Å². The van der Waals surface area contributed by atoms with E-state index in [9.17, 15) is 13.2 Å². The third-order valence-electron chi connectivity index (χ3n) is 3.01. The lowest BCUT2D eigenvalue weighted by molar-refractivity contribution is 0.102. The normalized spacial score (nSPS) is 11.0. The van der Waals surface area contributed by atoms with E-state index >= 15 is 0 Å². The van der Waals surface area contributed by atoms with E-state index in [0.717, 1.165) is 5.56 Å². The average Bonchev–Trinajstić information content (AvgIpc) is 2.46. The molecule has 0 aromatic heterocycles. The fraction of sp³-hybridized carbons (Fsp3) is 0.133. The predicted molar refractivity (Wildman–Crippen MR) is 83.5 cm³/mol. The first-order valence-corrected chi connectivity index (χ1v) is 7.95. The summed E-state index contributed by atoms with van der Waals surface area (Å²) >= 11 is 0. The first kappa shape index (κ1) is 16.0. The highest BCUT2D eigenvalue weighted by Gasteiger charge is 2.16. The van der Waals surface area contributed by atoms with Gasteiger partial charge in [0.15, 0.2) is 0 Å². The van der Waals surface area contributed by atoms with E-state index in [4.69, 9.17) is 9.88 Å². The molecule has 0 saturated heterocycles. The Balaban J connectivity index is 2.29. The Bertz CT molecular complexity index is 816. The number of aryl methyl sites for hydroxylation is 1. The van der Waals surface area contributed by atoms with Gasteiger partial charge in [0.25, 0.3) is 5.91 Å². The molecule has 0 saturated carbocycles. The molecule has 0 spiro atoms.